The van der Waals surface area contributed by atoms with Gasteiger partial charge in [-0.25, -0.2) is 13.1 Å². The molecule has 3 aromatic rings. The van der Waals surface area contributed by atoms with Gasteiger partial charge >= 0.3 is 0 Å². The van der Waals surface area contributed by atoms with Gasteiger partial charge in [-0.15, -0.1) is 11.3 Å². The van der Waals surface area contributed by atoms with Crippen LogP contribution in [0.2, 0.25) is 0 Å². The summed E-state index contributed by atoms with van der Waals surface area (Å²) < 4.78 is 28.6. The van der Waals surface area contributed by atoms with Crippen molar-refractivity contribution in [2.75, 3.05) is 18.9 Å². The summed E-state index contributed by atoms with van der Waals surface area (Å²) in [4.78, 5) is 13.6. The van der Waals surface area contributed by atoms with Gasteiger partial charge in [-0.1, -0.05) is 22.0 Å². The fourth-order valence-electron chi connectivity index (χ4n) is 2.37. The maximum atomic E-state index is 12.6. The Balaban J connectivity index is 1.65. The number of thiophene rings is 1. The average Bonchev–Trinajstić information content (AvgIpc) is 3.28. The van der Waals surface area contributed by atoms with Crippen molar-refractivity contribution in [3.63, 3.8) is 0 Å². The van der Waals surface area contributed by atoms with Crippen LogP contribution in [0.25, 0.3) is 0 Å². The summed E-state index contributed by atoms with van der Waals surface area (Å²) in [6.07, 6.45) is 1.59. The molecule has 2 aromatic heterocycles. The Kier molecular flexibility index (Phi) is 6.10. The number of carbonyl (C=O) groups is 1. The molecule has 10 heteroatoms. The van der Waals surface area contributed by atoms with Crippen LogP contribution in [-0.2, 0) is 21.4 Å². The molecule has 0 saturated carbocycles. The number of hydrogen-bond acceptors (Lipinski definition) is 5. The van der Waals surface area contributed by atoms with Gasteiger partial charge < -0.3 is 5.32 Å². The van der Waals surface area contributed by atoms with Crippen LogP contribution < -0.4 is 5.32 Å². The average molecular weight is 469 g/mol. The van der Waals surface area contributed by atoms with Gasteiger partial charge in [-0.3, -0.25) is 4.79 Å². The van der Waals surface area contributed by atoms with Gasteiger partial charge in [0, 0.05) is 22.5 Å². The predicted octanol–water partition coefficient (Wildman–Crippen LogP) is 3.01. The van der Waals surface area contributed by atoms with Crippen LogP contribution in [0.1, 0.15) is 4.88 Å². The molecule has 0 aliphatic heterocycles. The Bertz CT molecular complexity index is 1010. The zero-order valence-electron chi connectivity index (χ0n) is 14.4. The maximum absolute atomic E-state index is 12.6. The third-order valence-electron chi connectivity index (χ3n) is 3.76. The molecule has 0 saturated heterocycles. The van der Waals surface area contributed by atoms with Crippen molar-refractivity contribution < 1.29 is 13.2 Å². The van der Waals surface area contributed by atoms with E-state index in [-0.39, 0.29) is 11.4 Å². The lowest BCUT2D eigenvalue weighted by atomic mass is 10.4. The van der Waals surface area contributed by atoms with Crippen molar-refractivity contribution in [3.05, 3.63) is 63.4 Å². The van der Waals surface area contributed by atoms with E-state index >= 15 is 0 Å². The van der Waals surface area contributed by atoms with Gasteiger partial charge in [0.2, 0.25) is 15.9 Å². The highest BCUT2D eigenvalue weighted by Crippen LogP contribution is 2.18. The Labute approximate surface area is 169 Å². The molecule has 0 aliphatic carbocycles. The molecule has 1 amide bonds. The topological polar surface area (TPSA) is 84.3 Å². The molecular formula is C17H17BrN4O3S2. The van der Waals surface area contributed by atoms with E-state index in [0.29, 0.717) is 12.4 Å². The number of rotatable bonds is 7. The number of carbonyl (C=O) groups excluding carboxylic acids is 1. The SMILES string of the molecule is CN(CC(=O)Nc1ccnn1Cc1cccs1)S(=O)(=O)c1ccc(Br)cc1. The smallest absolute Gasteiger partial charge is 0.243 e. The number of halogens is 1. The Morgan fingerprint density at radius 2 is 2.00 bits per heavy atom. The third kappa shape index (κ3) is 4.83. The van der Waals surface area contributed by atoms with E-state index in [1.165, 1.54) is 19.2 Å². The quantitative estimate of drug-likeness (QED) is 0.577. The summed E-state index contributed by atoms with van der Waals surface area (Å²) in [6, 6.07) is 11.9. The number of nitrogens with zero attached hydrogens (tertiary/aromatic N) is 3. The summed E-state index contributed by atoms with van der Waals surface area (Å²) in [6.45, 7) is 0.232. The molecule has 142 valence electrons. The van der Waals surface area contributed by atoms with Gasteiger partial charge in [-0.05, 0) is 35.7 Å². The van der Waals surface area contributed by atoms with Crippen molar-refractivity contribution in [3.8, 4) is 0 Å². The van der Waals surface area contributed by atoms with Crippen molar-refractivity contribution in [2.24, 2.45) is 0 Å². The number of amides is 1. The molecule has 1 aromatic carbocycles. The second kappa shape index (κ2) is 8.34. The summed E-state index contributed by atoms with van der Waals surface area (Å²) in [7, 11) is -2.38. The number of anilines is 1. The monoisotopic (exact) mass is 468 g/mol. The number of likely N-dealkylation sites (N-methyl/N-ethyl adjacent to an activating group) is 1. The van der Waals surface area contributed by atoms with Crippen LogP contribution in [0.5, 0.6) is 0 Å². The van der Waals surface area contributed by atoms with E-state index in [1.807, 2.05) is 17.5 Å². The first-order valence-electron chi connectivity index (χ1n) is 7.92. The number of hydrogen-bond donors (Lipinski definition) is 1. The van der Waals surface area contributed by atoms with Crippen LogP contribution >= 0.6 is 27.3 Å². The standard InChI is InChI=1S/C17H17BrN4O3S2/c1-21(27(24,25)15-6-4-13(18)5-7-15)12-17(23)20-16-8-9-19-22(16)11-14-3-2-10-26-14/h2-10H,11-12H2,1H3,(H,20,23). The van der Waals surface area contributed by atoms with E-state index in [4.69, 9.17) is 0 Å². The van der Waals surface area contributed by atoms with Crippen molar-refractivity contribution in [2.45, 2.75) is 11.4 Å². The number of aromatic nitrogens is 2. The lowest BCUT2D eigenvalue weighted by Crippen LogP contribution is -2.35. The highest BCUT2D eigenvalue weighted by Gasteiger charge is 2.23. The van der Waals surface area contributed by atoms with E-state index in [9.17, 15) is 13.2 Å². The first kappa shape index (κ1) is 19.7. The first-order chi connectivity index (χ1) is 12.9. The van der Waals surface area contributed by atoms with E-state index in [1.54, 1.807) is 40.4 Å². The normalized spacial score (nSPS) is 11.7. The number of sulfonamides is 1. The van der Waals surface area contributed by atoms with Crippen molar-refractivity contribution >= 4 is 49.0 Å². The van der Waals surface area contributed by atoms with Gasteiger partial charge in [0.1, 0.15) is 5.82 Å². The van der Waals surface area contributed by atoms with Crippen LogP contribution in [-0.4, -0.2) is 42.0 Å². The van der Waals surface area contributed by atoms with Crippen LogP contribution in [0.4, 0.5) is 5.82 Å². The molecule has 2 heterocycles. The molecule has 0 atom stereocenters. The minimum atomic E-state index is -3.75. The van der Waals surface area contributed by atoms with Crippen molar-refractivity contribution in [1.82, 2.24) is 14.1 Å². The molecule has 0 spiro atoms. The molecule has 0 bridgehead atoms. The van der Waals surface area contributed by atoms with Gasteiger partial charge in [0.25, 0.3) is 0 Å². The predicted molar refractivity (Wildman–Crippen MR) is 108 cm³/mol. The number of nitrogens with one attached hydrogen (secondary N) is 1. The largest absolute Gasteiger partial charge is 0.310 e. The lowest BCUT2D eigenvalue weighted by Gasteiger charge is -2.17. The zero-order valence-corrected chi connectivity index (χ0v) is 17.6. The Morgan fingerprint density at radius 3 is 2.67 bits per heavy atom. The lowest BCUT2D eigenvalue weighted by molar-refractivity contribution is -0.116. The second-order valence-electron chi connectivity index (χ2n) is 5.72. The highest BCUT2D eigenvalue weighted by molar-refractivity contribution is 9.10. The minimum absolute atomic E-state index is 0.128. The van der Waals surface area contributed by atoms with Crippen LogP contribution in [0.15, 0.2) is 63.4 Å². The summed E-state index contributed by atoms with van der Waals surface area (Å²) in [5, 5.41) is 8.89. The summed E-state index contributed by atoms with van der Waals surface area (Å²) in [5.74, 6) is 0.0777. The first-order valence-corrected chi connectivity index (χ1v) is 11.0. The minimum Gasteiger partial charge on any atom is -0.310 e. The molecular weight excluding hydrogens is 452 g/mol. The molecule has 1 N–H and O–H groups in total. The Hall–Kier alpha value is -2.01. The fourth-order valence-corrected chi connectivity index (χ4v) is 4.45. The maximum Gasteiger partial charge on any atom is 0.243 e. The molecule has 0 aliphatic rings. The Morgan fingerprint density at radius 1 is 1.26 bits per heavy atom. The van der Waals surface area contributed by atoms with Gasteiger partial charge in [0.15, 0.2) is 0 Å². The third-order valence-corrected chi connectivity index (χ3v) is 6.97. The van der Waals surface area contributed by atoms with Gasteiger partial charge in [0.05, 0.1) is 24.2 Å². The second-order valence-corrected chi connectivity index (χ2v) is 9.71. The number of benzene rings is 1. The van der Waals surface area contributed by atoms with E-state index in [2.05, 4.69) is 26.3 Å². The molecule has 7 nitrogen and oxygen atoms in total. The summed E-state index contributed by atoms with van der Waals surface area (Å²) in [5.41, 5.74) is 0. The molecule has 3 rings (SSSR count). The zero-order chi connectivity index (χ0) is 19.4. The van der Waals surface area contributed by atoms with E-state index < -0.39 is 15.9 Å². The molecule has 27 heavy (non-hydrogen) atoms. The molecule has 0 fully saturated rings. The highest BCUT2D eigenvalue weighted by atomic mass is 79.9. The van der Waals surface area contributed by atoms with Crippen LogP contribution in [0.3, 0.4) is 0 Å². The van der Waals surface area contributed by atoms with E-state index in [0.717, 1.165) is 13.7 Å². The molecule has 0 radical (unpaired) electrons. The summed E-state index contributed by atoms with van der Waals surface area (Å²) >= 11 is 4.87. The van der Waals surface area contributed by atoms with Gasteiger partial charge in [-0.2, -0.15) is 9.40 Å². The fraction of sp³-hybridized carbons (Fsp3) is 0.176. The van der Waals surface area contributed by atoms with Crippen molar-refractivity contribution in [1.29, 1.82) is 0 Å². The molecule has 0 unspecified atom stereocenters. The van der Waals surface area contributed by atoms with Crippen LogP contribution in [0, 0.1) is 0 Å².